The van der Waals surface area contributed by atoms with Gasteiger partial charge in [0, 0.05) is 92.5 Å². The third-order valence-electron chi connectivity index (χ3n) is 18.6. The van der Waals surface area contributed by atoms with Crippen molar-refractivity contribution in [1.82, 2.24) is 39.5 Å². The molecule has 0 radical (unpaired) electrons. The second-order valence-electron chi connectivity index (χ2n) is 27.0. The summed E-state index contributed by atoms with van der Waals surface area (Å²) in [5, 5.41) is 31.6. The fraction of sp³-hybridized carbons (Fsp3) is 0.403. The van der Waals surface area contributed by atoms with Gasteiger partial charge in [0.2, 0.25) is 35.4 Å². The second-order valence-corrected chi connectivity index (χ2v) is 28.3. The third-order valence-corrected chi connectivity index (χ3v) is 19.4. The Morgan fingerprint density at radius 3 is 1.11 bits per heavy atom. The monoisotopic (exact) mass is 1400 g/mol. The fourth-order valence-electron chi connectivity index (χ4n) is 13.2. The fourth-order valence-corrected chi connectivity index (χ4v) is 13.6. The molecule has 22 heteroatoms. The topological polar surface area (TPSA) is 249 Å². The van der Waals surface area contributed by atoms with Crippen molar-refractivity contribution >= 4 is 76.0 Å². The van der Waals surface area contributed by atoms with Crippen LogP contribution in [0.5, 0.6) is 0 Å². The molecule has 10 rings (SSSR count). The van der Waals surface area contributed by atoms with Gasteiger partial charge in [-0.05, 0) is 151 Å². The van der Waals surface area contributed by atoms with Crippen molar-refractivity contribution in [3.8, 4) is 6.07 Å². The molecule has 3 N–H and O–H groups in total. The van der Waals surface area contributed by atoms with E-state index in [0.29, 0.717) is 105 Å². The van der Waals surface area contributed by atoms with Gasteiger partial charge in [0.15, 0.2) is 5.82 Å². The molecule has 6 amide bonds. The maximum Gasteiger partial charge on any atom is 0.438 e. The molecule has 0 bridgehead atoms. The summed E-state index contributed by atoms with van der Waals surface area (Å²) < 4.78 is 4.58. The van der Waals surface area contributed by atoms with E-state index >= 15 is 0 Å². The summed E-state index contributed by atoms with van der Waals surface area (Å²) in [6.07, 6.45) is 3.43. The molecule has 6 aromatic carbocycles. The highest BCUT2D eigenvalue weighted by Crippen LogP contribution is 2.37. The van der Waals surface area contributed by atoms with Crippen molar-refractivity contribution < 1.29 is 38.4 Å². The molecular formula is C77H89Cl3N10O9. The quantitative estimate of drug-likeness (QED) is 0.0480. The average Bonchev–Trinajstić information content (AvgIpc) is 0.866. The highest BCUT2D eigenvalue weighted by atomic mass is 35.5. The van der Waals surface area contributed by atoms with E-state index < -0.39 is 22.4 Å². The van der Waals surface area contributed by atoms with Crippen molar-refractivity contribution in [1.29, 1.82) is 10.7 Å². The number of aryl methyl sites for hydroxylation is 6. The number of likely N-dealkylation sites (tertiary alicyclic amines) is 3. The number of hydrogen-bond donors (Lipinski definition) is 3. The van der Waals surface area contributed by atoms with Gasteiger partial charge in [-0.15, -0.1) is 0 Å². The Morgan fingerprint density at radius 1 is 0.525 bits per heavy atom. The summed E-state index contributed by atoms with van der Waals surface area (Å²) in [7, 11) is 0. The maximum atomic E-state index is 13.8. The Balaban J connectivity index is 0.000000190. The molecule has 99 heavy (non-hydrogen) atoms. The molecule has 19 nitrogen and oxygen atoms in total. The van der Waals surface area contributed by atoms with Crippen LogP contribution < -0.4 is 5.76 Å². The smallest absolute Gasteiger partial charge is 0.390 e. The lowest BCUT2D eigenvalue weighted by Crippen LogP contribution is -2.68. The van der Waals surface area contributed by atoms with Crippen LogP contribution in [0, 0.1) is 58.3 Å². The number of aliphatic hydroxyl groups excluding tert-OH is 1. The molecule has 3 unspecified atom stereocenters. The zero-order chi connectivity index (χ0) is 71.9. The summed E-state index contributed by atoms with van der Waals surface area (Å²) in [5.74, 6) is -0.825. The van der Waals surface area contributed by atoms with Crippen LogP contribution in [-0.4, -0.2) is 148 Å². The van der Waals surface area contributed by atoms with Crippen LogP contribution in [0.15, 0.2) is 137 Å². The van der Waals surface area contributed by atoms with Gasteiger partial charge in [0.25, 0.3) is 0 Å². The first kappa shape index (κ1) is 75.8. The van der Waals surface area contributed by atoms with Gasteiger partial charge in [-0.3, -0.25) is 38.3 Å². The number of amides is 6. The molecule has 0 saturated carbocycles. The average molecular weight is 1400 g/mol. The standard InChI is InChI=1S/C26H29ClN4O4.C26H32ClN3O3.C25H28ClN3O2/c1-17-12-18(2)14-20(13-17)15-23(32)31-11-9-26(31,3)24(33)30(10-8-22-28-25(34)35-29-22)16-19-4-6-21(27)7-5-19;1-18-12-19(2)14-21(13-18)15-24(32)30-11-9-26(30,3)25(33)29(10-8-23(28)17-31)16-20-4-6-22(27)7-5-20;1-18-13-19(2)15-21(14-18)16-23(30)29-12-9-25(29,3)24(31)28(11-4-10-27)17-20-5-7-22(26)8-6-20/h4-7,12-14H,8-11,15-16H2,1-3H3,(H,28,29,34);4-7,12-14,28,31H,8-11,15-17H2,1-3H3;5-8,13-15H,4,9,11-12,16-17H2,1-3H3. The molecule has 7 aromatic rings. The van der Waals surface area contributed by atoms with Crippen molar-refractivity contribution in [2.24, 2.45) is 0 Å². The Kier molecular flexibility index (Phi) is 25.9. The zero-order valence-electron chi connectivity index (χ0n) is 58.0. The molecule has 3 aliphatic rings. The predicted molar refractivity (Wildman–Crippen MR) is 384 cm³/mol. The molecule has 522 valence electrons. The number of carbonyl (C=O) groups excluding carboxylic acids is 6. The van der Waals surface area contributed by atoms with Crippen molar-refractivity contribution in [3.05, 3.63) is 226 Å². The second kappa shape index (κ2) is 33.8. The molecule has 4 heterocycles. The Bertz CT molecular complexity index is 4110. The van der Waals surface area contributed by atoms with Gasteiger partial charge in [-0.1, -0.05) is 164 Å². The zero-order valence-corrected chi connectivity index (χ0v) is 60.3. The van der Waals surface area contributed by atoms with Gasteiger partial charge >= 0.3 is 5.76 Å². The number of nitrogens with one attached hydrogen (secondary N) is 2. The van der Waals surface area contributed by atoms with Crippen LogP contribution in [0.1, 0.15) is 125 Å². The number of nitriles is 1. The minimum absolute atomic E-state index is 0.0428. The Labute approximate surface area is 595 Å². The lowest BCUT2D eigenvalue weighted by molar-refractivity contribution is -0.164. The highest BCUT2D eigenvalue weighted by molar-refractivity contribution is 6.31. The third kappa shape index (κ3) is 19.9. The normalized spacial score (nSPS) is 17.4. The lowest BCUT2D eigenvalue weighted by Gasteiger charge is -2.51. The number of H-pyrrole nitrogens is 1. The minimum atomic E-state index is -0.931. The molecule has 0 spiro atoms. The first-order valence-electron chi connectivity index (χ1n) is 33.3. The van der Waals surface area contributed by atoms with Crippen LogP contribution in [0.3, 0.4) is 0 Å². The Hall–Kier alpha value is -8.93. The number of rotatable bonds is 24. The number of carbonyl (C=O) groups is 6. The van der Waals surface area contributed by atoms with E-state index in [1.165, 1.54) is 0 Å². The number of halogens is 3. The number of aliphatic hydroxyl groups is 1. The highest BCUT2D eigenvalue weighted by Gasteiger charge is 2.53. The van der Waals surface area contributed by atoms with Crippen LogP contribution in [0.2, 0.25) is 15.1 Å². The van der Waals surface area contributed by atoms with E-state index in [0.717, 1.165) is 66.8 Å². The number of aromatic amines is 1. The van der Waals surface area contributed by atoms with E-state index in [1.54, 1.807) is 65.8 Å². The first-order valence-corrected chi connectivity index (χ1v) is 34.5. The molecule has 1 aromatic heterocycles. The minimum Gasteiger partial charge on any atom is -0.390 e. The largest absolute Gasteiger partial charge is 0.438 e. The molecule has 3 aliphatic heterocycles. The summed E-state index contributed by atoms with van der Waals surface area (Å²) in [5.41, 5.74) is 9.76. The van der Waals surface area contributed by atoms with Crippen LogP contribution in [0.4, 0.5) is 0 Å². The van der Waals surface area contributed by atoms with Crippen LogP contribution in [-0.2, 0) is 74.1 Å². The molecule has 3 atom stereocenters. The summed E-state index contributed by atoms with van der Waals surface area (Å²) >= 11 is 18.0. The van der Waals surface area contributed by atoms with Crippen molar-refractivity contribution in [2.45, 2.75) is 156 Å². The summed E-state index contributed by atoms with van der Waals surface area (Å²) in [4.78, 5) is 104. The summed E-state index contributed by atoms with van der Waals surface area (Å²) in [6.45, 7) is 20.9. The number of aromatic nitrogens is 2. The number of benzene rings is 6. The predicted octanol–water partition coefficient (Wildman–Crippen LogP) is 11.8. The van der Waals surface area contributed by atoms with Gasteiger partial charge in [0.05, 0.1) is 38.4 Å². The summed E-state index contributed by atoms with van der Waals surface area (Å²) in [6, 6.07) is 42.3. The van der Waals surface area contributed by atoms with E-state index in [1.807, 2.05) is 135 Å². The lowest BCUT2D eigenvalue weighted by atomic mass is 9.84. The van der Waals surface area contributed by atoms with Crippen LogP contribution in [0.25, 0.3) is 0 Å². The van der Waals surface area contributed by atoms with Crippen LogP contribution >= 0.6 is 34.8 Å². The van der Waals surface area contributed by atoms with E-state index in [-0.39, 0.29) is 79.9 Å². The van der Waals surface area contributed by atoms with E-state index in [2.05, 4.69) is 38.9 Å². The molecule has 0 aliphatic carbocycles. The molecule has 3 fully saturated rings. The first-order chi connectivity index (χ1) is 47.0. The van der Waals surface area contributed by atoms with Gasteiger partial charge in [-0.2, -0.15) is 5.26 Å². The van der Waals surface area contributed by atoms with Crippen molar-refractivity contribution in [2.75, 3.05) is 45.9 Å². The molecular weight excluding hydrogens is 1320 g/mol. The van der Waals surface area contributed by atoms with E-state index in [4.69, 9.17) is 45.5 Å². The Morgan fingerprint density at radius 2 is 0.838 bits per heavy atom. The van der Waals surface area contributed by atoms with Gasteiger partial charge < -0.3 is 39.9 Å². The maximum absolute atomic E-state index is 13.8. The number of hydrogen-bond acceptors (Lipinski definition) is 12. The SMILES string of the molecule is Cc1cc(C)cc(CC(=O)N2CCC2(C)C(=O)N(CCC#N)Cc2ccc(Cl)cc2)c1.Cc1cc(C)cc(CC(=O)N2CCC2(C)C(=O)N(CCC(=N)CO)Cc2ccc(Cl)cc2)c1.Cc1cc(C)cc(CC(=O)N2CCC2(C)C(=O)N(CCc2noc(=O)[nH]2)Cc2ccc(Cl)cc2)c1. The van der Waals surface area contributed by atoms with Gasteiger partial charge in [-0.25, -0.2) is 4.79 Å². The molecule has 3 saturated heterocycles. The van der Waals surface area contributed by atoms with Gasteiger partial charge in [0.1, 0.15) is 16.6 Å². The van der Waals surface area contributed by atoms with Crippen molar-refractivity contribution in [3.63, 3.8) is 0 Å². The number of nitrogens with zero attached hydrogens (tertiary/aromatic N) is 8. The van der Waals surface area contributed by atoms with E-state index in [9.17, 15) is 38.7 Å².